The highest BCUT2D eigenvalue weighted by Gasteiger charge is 2.51. The maximum Gasteiger partial charge on any atom is 0.409 e. The van der Waals surface area contributed by atoms with Gasteiger partial charge in [0.15, 0.2) is 0 Å². The van der Waals surface area contributed by atoms with E-state index in [0.29, 0.717) is 12.0 Å². The molecule has 2 saturated heterocycles. The van der Waals surface area contributed by atoms with E-state index in [9.17, 15) is 4.79 Å². The molecule has 2 aliphatic carbocycles. The lowest BCUT2D eigenvalue weighted by Crippen LogP contribution is -2.55. The number of amides is 1. The molecule has 0 atom stereocenters. The van der Waals surface area contributed by atoms with Crippen LogP contribution in [0.1, 0.15) is 51.9 Å². The van der Waals surface area contributed by atoms with Crippen LogP contribution in [-0.4, -0.2) is 79.3 Å². The summed E-state index contributed by atoms with van der Waals surface area (Å²) >= 11 is 0. The molecule has 2 heterocycles. The Balaban J connectivity index is 1.19. The smallest absolute Gasteiger partial charge is 0.409 e. The van der Waals surface area contributed by atoms with Gasteiger partial charge in [-0.05, 0) is 83.3 Å². The first-order valence-corrected chi connectivity index (χ1v) is 10.4. The summed E-state index contributed by atoms with van der Waals surface area (Å²) in [5.74, 6) is 0.999. The predicted molar refractivity (Wildman–Crippen MR) is 98.6 cm³/mol. The fourth-order valence-corrected chi connectivity index (χ4v) is 5.39. The number of rotatable bonds is 5. The Kier molecular flexibility index (Phi) is 4.98. The second kappa shape index (κ2) is 7.07. The third-order valence-electron chi connectivity index (χ3n) is 7.18. The van der Waals surface area contributed by atoms with Crippen LogP contribution >= 0.6 is 0 Å². The molecule has 25 heavy (non-hydrogen) atoms. The van der Waals surface area contributed by atoms with Crippen molar-refractivity contribution in [2.45, 2.75) is 64.0 Å². The van der Waals surface area contributed by atoms with E-state index in [1.54, 1.807) is 0 Å². The second-order valence-corrected chi connectivity index (χ2v) is 9.08. The summed E-state index contributed by atoms with van der Waals surface area (Å²) in [4.78, 5) is 19.2. The van der Waals surface area contributed by atoms with Crippen LogP contribution in [0.4, 0.5) is 4.79 Å². The fraction of sp³-hybridized carbons (Fsp3) is 0.950. The minimum atomic E-state index is -0.109. The van der Waals surface area contributed by atoms with Crippen LogP contribution in [0.15, 0.2) is 0 Å². The van der Waals surface area contributed by atoms with E-state index in [0.717, 1.165) is 31.1 Å². The van der Waals surface area contributed by atoms with Gasteiger partial charge < -0.3 is 19.4 Å². The molecule has 1 spiro atoms. The van der Waals surface area contributed by atoms with Crippen LogP contribution < -0.4 is 0 Å². The van der Waals surface area contributed by atoms with E-state index >= 15 is 0 Å². The number of carbonyl (C=O) groups is 1. The van der Waals surface area contributed by atoms with Gasteiger partial charge in [-0.3, -0.25) is 0 Å². The van der Waals surface area contributed by atoms with Gasteiger partial charge in [0.25, 0.3) is 0 Å². The van der Waals surface area contributed by atoms with Crippen molar-refractivity contribution in [3.63, 3.8) is 0 Å². The molecule has 1 amide bonds. The molecule has 4 rings (SSSR count). The zero-order chi connectivity index (χ0) is 17.4. The molecule has 0 aromatic heterocycles. The number of piperidine rings is 1. The van der Waals surface area contributed by atoms with Crippen LogP contribution in [0.25, 0.3) is 0 Å². The molecule has 4 fully saturated rings. The van der Waals surface area contributed by atoms with Crippen LogP contribution in [0.2, 0.25) is 0 Å². The van der Waals surface area contributed by atoms with Crippen LogP contribution in [0, 0.1) is 11.3 Å². The number of hydrogen-bond donors (Lipinski definition) is 0. The first-order valence-electron chi connectivity index (χ1n) is 10.4. The number of likely N-dealkylation sites (tertiary alicyclic amines) is 2. The number of carbonyl (C=O) groups excluding carboxylic acids is 1. The van der Waals surface area contributed by atoms with Gasteiger partial charge in [0.05, 0.1) is 6.61 Å². The topological polar surface area (TPSA) is 36.0 Å². The molecular weight excluding hydrogens is 314 g/mol. The Labute approximate surface area is 152 Å². The molecule has 142 valence electrons. The van der Waals surface area contributed by atoms with Crippen molar-refractivity contribution in [3.05, 3.63) is 0 Å². The van der Waals surface area contributed by atoms with E-state index in [4.69, 9.17) is 4.74 Å². The third-order valence-corrected chi connectivity index (χ3v) is 7.18. The summed E-state index contributed by atoms with van der Waals surface area (Å²) in [5.41, 5.74) is 0.400. The summed E-state index contributed by atoms with van der Waals surface area (Å²) in [6.07, 6.45) is 9.21. The van der Waals surface area contributed by atoms with Gasteiger partial charge in [0, 0.05) is 31.7 Å². The SMILES string of the molecule is CCOC(=O)N1CCC2(CC(N3CCC(N(C)CC4CC4)CC3)C2)C1. The Morgan fingerprint density at radius 3 is 2.52 bits per heavy atom. The molecule has 0 N–H and O–H groups in total. The normalized spacial score (nSPS) is 33.9. The van der Waals surface area contributed by atoms with Gasteiger partial charge in [0.1, 0.15) is 0 Å². The minimum absolute atomic E-state index is 0.109. The summed E-state index contributed by atoms with van der Waals surface area (Å²) in [6.45, 7) is 8.03. The summed E-state index contributed by atoms with van der Waals surface area (Å²) in [6, 6.07) is 1.56. The van der Waals surface area contributed by atoms with Crippen molar-refractivity contribution in [3.8, 4) is 0 Å². The Morgan fingerprint density at radius 2 is 1.88 bits per heavy atom. The van der Waals surface area contributed by atoms with E-state index in [1.807, 2.05) is 11.8 Å². The Hall–Kier alpha value is -0.810. The van der Waals surface area contributed by atoms with Crippen LogP contribution in [0.5, 0.6) is 0 Å². The molecule has 0 bridgehead atoms. The largest absolute Gasteiger partial charge is 0.450 e. The standard InChI is InChI=1S/C20H35N3O2/c1-3-25-19(24)23-11-8-20(15-23)12-18(13-20)22-9-6-17(7-10-22)21(2)14-16-4-5-16/h16-18H,3-15H2,1-2H3. The van der Waals surface area contributed by atoms with Crippen molar-refractivity contribution < 1.29 is 9.53 Å². The average Bonchev–Trinajstić information content (AvgIpc) is 3.27. The zero-order valence-corrected chi connectivity index (χ0v) is 16.1. The first kappa shape index (κ1) is 17.6. The van der Waals surface area contributed by atoms with Crippen molar-refractivity contribution in [1.82, 2.24) is 14.7 Å². The highest BCUT2D eigenvalue weighted by Crippen LogP contribution is 2.50. The second-order valence-electron chi connectivity index (χ2n) is 9.08. The van der Waals surface area contributed by atoms with Crippen LogP contribution in [0.3, 0.4) is 0 Å². The Morgan fingerprint density at radius 1 is 1.16 bits per heavy atom. The van der Waals surface area contributed by atoms with Crippen molar-refractivity contribution in [2.24, 2.45) is 11.3 Å². The first-order chi connectivity index (χ1) is 12.1. The van der Waals surface area contributed by atoms with Gasteiger partial charge >= 0.3 is 6.09 Å². The van der Waals surface area contributed by atoms with E-state index in [-0.39, 0.29) is 6.09 Å². The summed E-state index contributed by atoms with van der Waals surface area (Å²) in [5, 5.41) is 0. The number of nitrogens with zero attached hydrogens (tertiary/aromatic N) is 3. The summed E-state index contributed by atoms with van der Waals surface area (Å²) in [7, 11) is 2.33. The van der Waals surface area contributed by atoms with Gasteiger partial charge in [-0.1, -0.05) is 0 Å². The van der Waals surface area contributed by atoms with Gasteiger partial charge in [-0.25, -0.2) is 4.79 Å². The number of ether oxygens (including phenoxy) is 1. The molecule has 2 aliphatic heterocycles. The van der Waals surface area contributed by atoms with Crippen molar-refractivity contribution >= 4 is 6.09 Å². The monoisotopic (exact) mass is 349 g/mol. The molecule has 2 saturated carbocycles. The fourth-order valence-electron chi connectivity index (χ4n) is 5.39. The maximum atomic E-state index is 11.9. The number of hydrogen-bond acceptors (Lipinski definition) is 4. The molecule has 5 heteroatoms. The van der Waals surface area contributed by atoms with Gasteiger partial charge in [0.2, 0.25) is 0 Å². The molecule has 0 radical (unpaired) electrons. The molecule has 5 nitrogen and oxygen atoms in total. The lowest BCUT2D eigenvalue weighted by Gasteiger charge is -2.52. The van der Waals surface area contributed by atoms with Crippen molar-refractivity contribution in [2.75, 3.05) is 46.4 Å². The average molecular weight is 350 g/mol. The van der Waals surface area contributed by atoms with Crippen molar-refractivity contribution in [1.29, 1.82) is 0 Å². The maximum absolute atomic E-state index is 11.9. The van der Waals surface area contributed by atoms with Gasteiger partial charge in [-0.15, -0.1) is 0 Å². The lowest BCUT2D eigenvalue weighted by molar-refractivity contribution is -0.0141. The summed E-state index contributed by atoms with van der Waals surface area (Å²) < 4.78 is 5.17. The molecule has 0 unspecified atom stereocenters. The van der Waals surface area contributed by atoms with Crippen LogP contribution in [-0.2, 0) is 4.74 Å². The van der Waals surface area contributed by atoms with Gasteiger partial charge in [-0.2, -0.15) is 0 Å². The minimum Gasteiger partial charge on any atom is -0.450 e. The van der Waals surface area contributed by atoms with E-state index < -0.39 is 0 Å². The quantitative estimate of drug-likeness (QED) is 0.765. The molecule has 0 aromatic carbocycles. The molecular formula is C20H35N3O2. The Bertz CT molecular complexity index is 479. The third kappa shape index (κ3) is 3.82. The highest BCUT2D eigenvalue weighted by molar-refractivity contribution is 5.68. The van der Waals surface area contributed by atoms with E-state index in [2.05, 4.69) is 16.8 Å². The highest BCUT2D eigenvalue weighted by atomic mass is 16.6. The predicted octanol–water partition coefficient (Wildman–Crippen LogP) is 2.80. The molecule has 4 aliphatic rings. The lowest BCUT2D eigenvalue weighted by atomic mass is 9.64. The zero-order valence-electron chi connectivity index (χ0n) is 16.1. The van der Waals surface area contributed by atoms with E-state index in [1.165, 1.54) is 64.6 Å². The molecule has 0 aromatic rings.